The van der Waals surface area contributed by atoms with E-state index >= 15 is 0 Å². The molecule has 3 aromatic rings. The molecular weight excluding hydrogens is 300 g/mol. The molecule has 116 valence electrons. The van der Waals surface area contributed by atoms with Gasteiger partial charge in [0.25, 0.3) is 0 Å². The van der Waals surface area contributed by atoms with Crippen LogP contribution in [0.4, 0.5) is 5.69 Å². The minimum Gasteiger partial charge on any atom is -0.339 e. The number of fused-ring (bicyclic) bond motifs is 1. The molecule has 0 aliphatic carbocycles. The highest BCUT2D eigenvalue weighted by atomic mass is 32.2. The summed E-state index contributed by atoms with van der Waals surface area (Å²) in [4.78, 5) is 3.41. The van der Waals surface area contributed by atoms with Crippen molar-refractivity contribution >= 4 is 34.0 Å². The summed E-state index contributed by atoms with van der Waals surface area (Å²) in [6.07, 6.45) is 2.10. The normalized spacial score (nSPS) is 10.7. The van der Waals surface area contributed by atoms with Gasteiger partial charge in [0, 0.05) is 29.5 Å². The average Bonchev–Trinajstić information content (AvgIpc) is 2.61. The van der Waals surface area contributed by atoms with Crippen LogP contribution in [0.25, 0.3) is 16.6 Å². The maximum atomic E-state index is 4.34. The van der Waals surface area contributed by atoms with E-state index in [1.54, 1.807) is 11.8 Å². The summed E-state index contributed by atoms with van der Waals surface area (Å²) in [5.74, 6) is 0. The number of anilines is 1. The van der Waals surface area contributed by atoms with Crippen LogP contribution in [0.5, 0.6) is 0 Å². The Bertz CT molecular complexity index is 870. The number of benzene rings is 2. The first-order valence-electron chi connectivity index (χ1n) is 7.57. The van der Waals surface area contributed by atoms with Gasteiger partial charge in [-0.25, -0.2) is 0 Å². The lowest BCUT2D eigenvalue weighted by Gasteiger charge is -2.22. The summed E-state index contributed by atoms with van der Waals surface area (Å²) in [7, 11) is 4.17. The first-order chi connectivity index (χ1) is 11.1. The van der Waals surface area contributed by atoms with Crippen molar-refractivity contribution < 1.29 is 4.57 Å². The quantitative estimate of drug-likeness (QED) is 0.516. The van der Waals surface area contributed by atoms with Crippen molar-refractivity contribution in [3.63, 3.8) is 0 Å². The maximum Gasteiger partial charge on any atom is 0.228 e. The number of thioether (sulfide) groups is 1. The molecule has 23 heavy (non-hydrogen) atoms. The molecule has 0 amide bonds. The summed E-state index contributed by atoms with van der Waals surface area (Å²) in [5.41, 5.74) is 4.48. The molecule has 0 N–H and O–H groups in total. The van der Waals surface area contributed by atoms with Crippen molar-refractivity contribution in [3.05, 3.63) is 72.9 Å². The molecule has 1 aromatic heterocycles. The largest absolute Gasteiger partial charge is 0.339 e. The van der Waals surface area contributed by atoms with E-state index in [2.05, 4.69) is 97.1 Å². The van der Waals surface area contributed by atoms with Crippen molar-refractivity contribution in [2.75, 3.05) is 18.2 Å². The fourth-order valence-electron chi connectivity index (χ4n) is 2.86. The summed E-state index contributed by atoms with van der Waals surface area (Å²) in [6, 6.07) is 21.1. The van der Waals surface area contributed by atoms with E-state index in [0.717, 1.165) is 11.4 Å². The second-order valence-electron chi connectivity index (χ2n) is 5.51. The van der Waals surface area contributed by atoms with E-state index in [4.69, 9.17) is 0 Å². The molecule has 2 aromatic carbocycles. The third-order valence-electron chi connectivity index (χ3n) is 4.23. The Kier molecular flexibility index (Phi) is 4.39. The highest BCUT2D eigenvalue weighted by Gasteiger charge is 2.19. The van der Waals surface area contributed by atoms with Crippen molar-refractivity contribution in [3.8, 4) is 0 Å². The number of nitrogens with zero attached hydrogens (tertiary/aromatic N) is 2. The molecule has 3 rings (SSSR count). The molecule has 0 aliphatic rings. The van der Waals surface area contributed by atoms with E-state index in [-0.39, 0.29) is 0 Å². The van der Waals surface area contributed by atoms with Gasteiger partial charge in [-0.2, -0.15) is 4.57 Å². The number of pyridine rings is 1. The molecule has 0 radical (unpaired) electrons. The SMILES string of the molecule is C=C(c1ccc2ccccc2[n+]1C)N(C)c1ccccc1SC. The summed E-state index contributed by atoms with van der Waals surface area (Å²) >= 11 is 1.75. The predicted molar refractivity (Wildman–Crippen MR) is 101 cm³/mol. The van der Waals surface area contributed by atoms with Crippen LogP contribution in [0.2, 0.25) is 0 Å². The number of aromatic nitrogens is 1. The summed E-state index contributed by atoms with van der Waals surface area (Å²) in [6.45, 7) is 4.34. The monoisotopic (exact) mass is 321 g/mol. The molecule has 3 heteroatoms. The van der Waals surface area contributed by atoms with Gasteiger partial charge in [-0.05, 0) is 30.5 Å². The Balaban J connectivity index is 2.05. The van der Waals surface area contributed by atoms with Crippen LogP contribution in [0.15, 0.2) is 72.1 Å². The first kappa shape index (κ1) is 15.6. The van der Waals surface area contributed by atoms with Crippen LogP contribution in [0.1, 0.15) is 5.69 Å². The van der Waals surface area contributed by atoms with E-state index in [1.807, 2.05) is 0 Å². The van der Waals surface area contributed by atoms with E-state index in [0.29, 0.717) is 0 Å². The average molecular weight is 321 g/mol. The van der Waals surface area contributed by atoms with Crippen LogP contribution >= 0.6 is 11.8 Å². The second kappa shape index (κ2) is 6.47. The molecule has 0 spiro atoms. The van der Waals surface area contributed by atoms with Gasteiger partial charge in [-0.15, -0.1) is 11.8 Å². The molecule has 0 atom stereocenters. The molecular formula is C20H21N2S+. The number of hydrogen-bond acceptors (Lipinski definition) is 2. The lowest BCUT2D eigenvalue weighted by atomic mass is 10.1. The number of aryl methyl sites for hydroxylation is 1. The van der Waals surface area contributed by atoms with Crippen molar-refractivity contribution in [2.45, 2.75) is 4.90 Å². The fourth-order valence-corrected chi connectivity index (χ4v) is 3.49. The van der Waals surface area contributed by atoms with Crippen molar-refractivity contribution in [1.82, 2.24) is 0 Å². The molecule has 0 fully saturated rings. The zero-order valence-corrected chi connectivity index (χ0v) is 14.6. The Hall–Kier alpha value is -2.26. The smallest absolute Gasteiger partial charge is 0.228 e. The van der Waals surface area contributed by atoms with E-state index < -0.39 is 0 Å². The van der Waals surface area contributed by atoms with E-state index in [9.17, 15) is 0 Å². The van der Waals surface area contributed by atoms with Gasteiger partial charge >= 0.3 is 0 Å². The topological polar surface area (TPSA) is 7.12 Å². The third kappa shape index (κ3) is 2.84. The minimum absolute atomic E-state index is 0.986. The van der Waals surface area contributed by atoms with Gasteiger partial charge in [-0.1, -0.05) is 30.8 Å². The van der Waals surface area contributed by atoms with E-state index in [1.165, 1.54) is 21.5 Å². The molecule has 0 unspecified atom stereocenters. The van der Waals surface area contributed by atoms with Crippen molar-refractivity contribution in [1.29, 1.82) is 0 Å². The van der Waals surface area contributed by atoms with Gasteiger partial charge in [0.15, 0.2) is 0 Å². The van der Waals surface area contributed by atoms with Crippen LogP contribution in [-0.2, 0) is 7.05 Å². The molecule has 0 aliphatic heterocycles. The molecule has 2 nitrogen and oxygen atoms in total. The molecule has 1 heterocycles. The lowest BCUT2D eigenvalue weighted by molar-refractivity contribution is -0.647. The van der Waals surface area contributed by atoms with Crippen LogP contribution < -0.4 is 9.47 Å². The van der Waals surface area contributed by atoms with Crippen molar-refractivity contribution in [2.24, 2.45) is 7.05 Å². The lowest BCUT2D eigenvalue weighted by Crippen LogP contribution is -2.36. The van der Waals surface area contributed by atoms with Gasteiger partial charge in [0.1, 0.15) is 12.7 Å². The third-order valence-corrected chi connectivity index (χ3v) is 5.01. The van der Waals surface area contributed by atoms with Gasteiger partial charge in [0.05, 0.1) is 5.69 Å². The highest BCUT2D eigenvalue weighted by Crippen LogP contribution is 2.31. The molecule has 0 saturated carbocycles. The first-order valence-corrected chi connectivity index (χ1v) is 8.79. The van der Waals surface area contributed by atoms with Gasteiger partial charge in [-0.3, -0.25) is 0 Å². The Morgan fingerprint density at radius 1 is 1.00 bits per heavy atom. The Morgan fingerprint density at radius 2 is 1.70 bits per heavy atom. The van der Waals surface area contributed by atoms with Gasteiger partial charge < -0.3 is 4.90 Å². The zero-order chi connectivity index (χ0) is 16.4. The van der Waals surface area contributed by atoms with Crippen LogP contribution in [0.3, 0.4) is 0 Å². The summed E-state index contributed by atoms with van der Waals surface area (Å²) in [5, 5.41) is 1.23. The Labute approximate surface area is 142 Å². The second-order valence-corrected chi connectivity index (χ2v) is 6.36. The van der Waals surface area contributed by atoms with Gasteiger partial charge in [0.2, 0.25) is 11.2 Å². The predicted octanol–water partition coefficient (Wildman–Crippen LogP) is 4.49. The zero-order valence-electron chi connectivity index (χ0n) is 13.8. The molecule has 0 bridgehead atoms. The van der Waals surface area contributed by atoms with Crippen LogP contribution in [0, 0.1) is 0 Å². The minimum atomic E-state index is 0.986. The Morgan fingerprint density at radius 3 is 2.48 bits per heavy atom. The summed E-state index contributed by atoms with van der Waals surface area (Å²) < 4.78 is 2.20. The molecule has 0 saturated heterocycles. The van der Waals surface area contributed by atoms with Crippen LogP contribution in [-0.4, -0.2) is 13.3 Å². The maximum absolute atomic E-state index is 4.34. The highest BCUT2D eigenvalue weighted by molar-refractivity contribution is 7.98. The number of hydrogen-bond donors (Lipinski definition) is 0. The number of rotatable bonds is 4. The standard InChI is InChI=1S/C20H21N2S/c1-15(21(2)19-11-7-8-12-20(19)23-4)17-14-13-16-9-5-6-10-18(16)22(17)3/h5-14H,1H2,2-4H3/q+1. The number of para-hydroxylation sites is 2. The fraction of sp³-hybridized carbons (Fsp3) is 0.150.